The van der Waals surface area contributed by atoms with Crippen LogP contribution in [-0.4, -0.2) is 117 Å². The third kappa shape index (κ3) is 12.2. The average molecular weight is 740 g/mol. The van der Waals surface area contributed by atoms with E-state index >= 15 is 0 Å². The van der Waals surface area contributed by atoms with E-state index in [1.807, 2.05) is 33.8 Å². The summed E-state index contributed by atoms with van der Waals surface area (Å²) in [6.45, 7) is 8.57. The second-order valence-electron chi connectivity index (χ2n) is 14.5. The molecule has 14 heteroatoms. The molecule has 1 aliphatic carbocycles. The van der Waals surface area contributed by atoms with E-state index in [0.717, 1.165) is 24.8 Å². The Bertz CT molecular complexity index is 1270. The number of ether oxygens (including phenoxy) is 5. The zero-order valence-electron chi connectivity index (χ0n) is 31.4. The number of allylic oxidation sites excluding steroid dienone is 3. The Kier molecular flexibility index (Phi) is 17.9. The van der Waals surface area contributed by atoms with Gasteiger partial charge in [-0.15, -0.1) is 4.91 Å². The average Bonchev–Trinajstić information content (AvgIpc) is 3.10. The smallest absolute Gasteiger partial charge is 0.296 e. The molecule has 12 atom stereocenters. The van der Waals surface area contributed by atoms with Gasteiger partial charge in [-0.25, -0.2) is 0 Å². The molecule has 0 aromatic rings. The maximum Gasteiger partial charge on any atom is 0.296 e. The molecule has 3 rings (SSSR count). The number of hydrogen-bond donors (Lipinski definition) is 6. The number of carbonyl (C=O) groups excluding carboxylic acids is 1. The Labute approximate surface area is 307 Å². The normalized spacial score (nSPS) is 34.7. The van der Waals surface area contributed by atoms with Gasteiger partial charge in [0.05, 0.1) is 49.1 Å². The first-order chi connectivity index (χ1) is 24.6. The molecule has 0 aromatic carbocycles. The van der Waals surface area contributed by atoms with Crippen molar-refractivity contribution in [1.29, 1.82) is 0 Å². The fraction of sp³-hybridized carbons (Fsp3) is 0.763. The van der Waals surface area contributed by atoms with Gasteiger partial charge in [-0.1, -0.05) is 43.7 Å². The van der Waals surface area contributed by atoms with Crippen molar-refractivity contribution in [3.63, 3.8) is 0 Å². The molecule has 0 unspecified atom stereocenters. The highest BCUT2D eigenvalue weighted by Crippen LogP contribution is 2.39. The molecule has 52 heavy (non-hydrogen) atoms. The molecule has 0 bridgehead atoms. The Balaban J connectivity index is 1.80. The maximum absolute atomic E-state index is 12.4. The van der Waals surface area contributed by atoms with Crippen molar-refractivity contribution in [3.8, 4) is 0 Å². The fourth-order valence-corrected chi connectivity index (χ4v) is 7.17. The van der Waals surface area contributed by atoms with Crippen molar-refractivity contribution in [2.24, 2.45) is 17.0 Å². The molecule has 2 fully saturated rings. The highest BCUT2D eigenvalue weighted by atomic mass is 16.7. The van der Waals surface area contributed by atoms with Crippen molar-refractivity contribution in [3.05, 3.63) is 52.0 Å². The molecule has 0 aromatic heterocycles. The Morgan fingerprint density at radius 1 is 1.12 bits per heavy atom. The largest absolute Gasteiger partial charge is 0.392 e. The molecule has 2 saturated heterocycles. The number of methoxy groups -OCH3 is 1. The molecular formula is C38H61NO13. The maximum atomic E-state index is 12.4. The lowest BCUT2D eigenvalue weighted by atomic mass is 9.71. The van der Waals surface area contributed by atoms with E-state index in [9.17, 15) is 30.1 Å². The van der Waals surface area contributed by atoms with Gasteiger partial charge >= 0.3 is 0 Å². The third-order valence-corrected chi connectivity index (χ3v) is 10.5. The molecule has 2 heterocycles. The van der Waals surface area contributed by atoms with Crippen molar-refractivity contribution in [2.75, 3.05) is 13.7 Å². The summed E-state index contributed by atoms with van der Waals surface area (Å²) in [5.41, 5.74) is -0.617. The number of nitroso groups, excluding NO2 is 1. The van der Waals surface area contributed by atoms with E-state index in [-0.39, 0.29) is 30.1 Å². The molecule has 0 spiro atoms. The van der Waals surface area contributed by atoms with Crippen LogP contribution in [0, 0.1) is 16.7 Å². The van der Waals surface area contributed by atoms with Crippen LogP contribution in [0.1, 0.15) is 92.4 Å². The molecule has 6 N–H and O–H groups in total. The molecule has 0 radical (unpaired) electrons. The van der Waals surface area contributed by atoms with E-state index in [1.165, 1.54) is 12.2 Å². The summed E-state index contributed by atoms with van der Waals surface area (Å²) >= 11 is 0. The summed E-state index contributed by atoms with van der Waals surface area (Å²) in [5.74, 6) is -2.72. The number of carbonyl (C=O) groups is 1. The van der Waals surface area contributed by atoms with Gasteiger partial charge in [-0.3, -0.25) is 4.79 Å². The summed E-state index contributed by atoms with van der Waals surface area (Å²) in [4.78, 5) is 23.6. The fourth-order valence-electron chi connectivity index (χ4n) is 7.17. The molecule has 2 aliphatic heterocycles. The van der Waals surface area contributed by atoms with E-state index in [4.69, 9.17) is 33.9 Å². The highest BCUT2D eigenvalue weighted by Gasteiger charge is 2.48. The lowest BCUT2D eigenvalue weighted by molar-refractivity contribution is -0.309. The Morgan fingerprint density at radius 3 is 2.46 bits per heavy atom. The van der Waals surface area contributed by atoms with Crippen molar-refractivity contribution in [1.82, 2.24) is 0 Å². The van der Waals surface area contributed by atoms with Crippen molar-refractivity contribution < 1.29 is 59.1 Å². The highest BCUT2D eigenvalue weighted by molar-refractivity contribution is 5.83. The van der Waals surface area contributed by atoms with Crippen LogP contribution in [0.4, 0.5) is 0 Å². The molecular weight excluding hydrogens is 678 g/mol. The minimum atomic E-state index is -2.02. The number of amides is 1. The van der Waals surface area contributed by atoms with Gasteiger partial charge in [-0.05, 0) is 76.5 Å². The second-order valence-corrected chi connectivity index (χ2v) is 14.5. The molecule has 296 valence electrons. The van der Waals surface area contributed by atoms with Crippen molar-refractivity contribution >= 4 is 5.91 Å². The topological polar surface area (TPSA) is 214 Å². The van der Waals surface area contributed by atoms with Gasteiger partial charge < -0.3 is 54.3 Å². The number of rotatable bonds is 18. The minimum absolute atomic E-state index is 0.0442. The number of aliphatic hydroxyl groups excluding tert-OH is 4. The van der Waals surface area contributed by atoms with Gasteiger partial charge in [0.25, 0.3) is 5.91 Å². The molecule has 0 saturated carbocycles. The van der Waals surface area contributed by atoms with Crippen LogP contribution in [0.3, 0.4) is 0 Å². The zero-order valence-corrected chi connectivity index (χ0v) is 31.4. The number of unbranched alkanes of at least 4 members (excludes halogenated alkanes) is 3. The quantitative estimate of drug-likeness (QED) is 0.0391. The Morgan fingerprint density at radius 2 is 1.83 bits per heavy atom. The van der Waals surface area contributed by atoms with Crippen LogP contribution in [0.15, 0.2) is 52.3 Å². The first-order valence-corrected chi connectivity index (χ1v) is 18.4. The lowest BCUT2D eigenvalue weighted by Crippen LogP contribution is -2.53. The van der Waals surface area contributed by atoms with E-state index in [1.54, 1.807) is 20.1 Å². The van der Waals surface area contributed by atoms with Gasteiger partial charge in [0.15, 0.2) is 18.9 Å². The van der Waals surface area contributed by atoms with E-state index in [2.05, 4.69) is 11.3 Å². The summed E-state index contributed by atoms with van der Waals surface area (Å²) in [5, 5.41) is 63.1. The van der Waals surface area contributed by atoms with E-state index in [0.29, 0.717) is 37.7 Å². The van der Waals surface area contributed by atoms with E-state index < -0.39 is 73.4 Å². The summed E-state index contributed by atoms with van der Waals surface area (Å²) in [6.07, 6.45) is 6.86. The third-order valence-electron chi connectivity index (χ3n) is 10.5. The minimum Gasteiger partial charge on any atom is -0.392 e. The van der Waals surface area contributed by atoms with Gasteiger partial charge in [0.2, 0.25) is 0 Å². The zero-order chi connectivity index (χ0) is 38.6. The SMILES string of the molecule is CO[C@H]1C[C@H](O[C@H](/C(C)=C/CCCCCC(O)O)[C@@H](C)/C=C/C=C(\CO)[C@]2(O)C[C@H](O)C(C)=C[C@H]2C(=O)N=O)O[C@@H](C)[C@@H]1O[C@H]1CC[C@@H](O)[C@H](C)O1. The predicted molar refractivity (Wildman–Crippen MR) is 191 cm³/mol. The number of hydrogen-bond acceptors (Lipinski definition) is 13. The summed E-state index contributed by atoms with van der Waals surface area (Å²) in [6, 6.07) is 0. The second kappa shape index (κ2) is 21.0. The molecule has 14 nitrogen and oxygen atoms in total. The van der Waals surface area contributed by atoms with Crippen LogP contribution in [0.5, 0.6) is 0 Å². The summed E-state index contributed by atoms with van der Waals surface area (Å²) < 4.78 is 31.0. The molecule has 1 amide bonds. The van der Waals surface area contributed by atoms with Crippen LogP contribution >= 0.6 is 0 Å². The lowest BCUT2D eigenvalue weighted by Gasteiger charge is -2.43. The molecule has 3 aliphatic rings. The summed E-state index contributed by atoms with van der Waals surface area (Å²) in [7, 11) is 1.61. The van der Waals surface area contributed by atoms with Crippen LogP contribution in [0.25, 0.3) is 0 Å². The monoisotopic (exact) mass is 739 g/mol. The van der Waals surface area contributed by atoms with Crippen molar-refractivity contribution in [2.45, 2.75) is 160 Å². The van der Waals surface area contributed by atoms with Gasteiger partial charge in [-0.2, -0.15) is 0 Å². The first-order valence-electron chi connectivity index (χ1n) is 18.4. The standard InChI is InChI=1S/C38H61NO13/c1-22(12-9-7-8-10-15-32(43)44)35(52-34-19-31(48-6)36(26(5)50-34)51-33-17-16-29(41)25(4)49-33)23(2)13-11-14-27(21-40)38(46)20-30(42)24(3)18-28(38)37(45)39-47/h11-14,18,23,25-26,28-36,40-44,46H,7-10,15-17,19-21H2,1-6H3/b13-11+,22-12+,27-14+/t23-,25-,26-,28-,29+,30-,31-,33-,34-,35+,36-,38+/m0/s1. The van der Waals surface area contributed by atoms with Crippen LogP contribution in [-0.2, 0) is 28.5 Å². The van der Waals surface area contributed by atoms with Gasteiger partial charge in [0, 0.05) is 37.5 Å². The van der Waals surface area contributed by atoms with Crippen LogP contribution < -0.4 is 0 Å². The number of aliphatic hydroxyl groups is 6. The predicted octanol–water partition coefficient (Wildman–Crippen LogP) is 3.46. The Hall–Kier alpha value is -2.21. The van der Waals surface area contributed by atoms with Crippen LogP contribution in [0.2, 0.25) is 0 Å². The first kappa shape index (κ1) is 44.2. The number of nitrogens with zero attached hydrogens (tertiary/aromatic N) is 1. The van der Waals surface area contributed by atoms with Gasteiger partial charge in [0.1, 0.15) is 11.7 Å².